The van der Waals surface area contributed by atoms with Crippen LogP contribution in [-0.2, 0) is 17.9 Å². The average molecular weight is 581 g/mol. The summed E-state index contributed by atoms with van der Waals surface area (Å²) in [4.78, 5) is 13.0. The van der Waals surface area contributed by atoms with E-state index in [1.54, 1.807) is 26.0 Å². The zero-order chi connectivity index (χ0) is 28.9. The van der Waals surface area contributed by atoms with Gasteiger partial charge in [-0.05, 0) is 69.2 Å². The molecule has 0 radical (unpaired) electrons. The van der Waals surface area contributed by atoms with Crippen LogP contribution in [0, 0.1) is 5.92 Å². The molecule has 3 heterocycles. The Kier molecular flexibility index (Phi) is 7.82. The molecule has 3 aromatic rings. The van der Waals surface area contributed by atoms with Crippen LogP contribution >= 0.6 is 11.9 Å². The van der Waals surface area contributed by atoms with Crippen LogP contribution in [0.25, 0.3) is 22.2 Å². The molecule has 1 saturated carbocycles. The molecule has 5 atom stereocenters. The first-order valence-corrected chi connectivity index (χ1v) is 15.9. The zero-order valence-electron chi connectivity index (χ0n) is 24.6. The van der Waals surface area contributed by atoms with Crippen LogP contribution in [-0.4, -0.2) is 52.6 Å². The summed E-state index contributed by atoms with van der Waals surface area (Å²) in [6, 6.07) is 12.5. The predicted molar refractivity (Wildman–Crippen MR) is 163 cm³/mol. The molecule has 220 valence electrons. The van der Waals surface area contributed by atoms with E-state index in [0.717, 1.165) is 64.0 Å². The van der Waals surface area contributed by atoms with Crippen LogP contribution in [0.4, 0.5) is 4.39 Å². The minimum Gasteiger partial charge on any atom is -0.497 e. The topological polar surface area (TPSA) is 67.8 Å². The molecular weight excluding hydrogens is 539 g/mol. The number of benzene rings is 2. The fraction of sp³-hybridized carbons (Fsp3) is 0.531. The number of hydrazine groups is 1. The Hall–Kier alpha value is -2.59. The number of nitrogens with zero attached hydrogens (tertiary/aromatic N) is 2. The van der Waals surface area contributed by atoms with E-state index < -0.39 is 11.8 Å². The number of Topliss-reactive ketones (excluding diaryl/α,β-unsaturated/α-hetero) is 1. The van der Waals surface area contributed by atoms with Gasteiger partial charge in [-0.15, -0.1) is 0 Å². The molecular formula is C32H41FN4O3S. The van der Waals surface area contributed by atoms with E-state index in [-0.39, 0.29) is 23.7 Å². The highest BCUT2D eigenvalue weighted by Gasteiger charge is 2.39. The van der Waals surface area contributed by atoms with E-state index in [4.69, 9.17) is 9.47 Å². The molecule has 0 amide bonds. The molecule has 41 heavy (non-hydrogen) atoms. The van der Waals surface area contributed by atoms with Gasteiger partial charge in [-0.3, -0.25) is 10.1 Å². The van der Waals surface area contributed by atoms with Gasteiger partial charge in [-0.25, -0.2) is 9.82 Å². The lowest BCUT2D eigenvalue weighted by atomic mass is 9.80. The van der Waals surface area contributed by atoms with Crippen molar-refractivity contribution in [1.29, 1.82) is 0 Å². The molecule has 1 aromatic heterocycles. The summed E-state index contributed by atoms with van der Waals surface area (Å²) in [7, 11) is 1.66. The molecule has 7 nitrogen and oxygen atoms in total. The largest absolute Gasteiger partial charge is 0.497 e. The van der Waals surface area contributed by atoms with Crippen molar-refractivity contribution in [1.82, 2.24) is 19.7 Å². The first kappa shape index (κ1) is 28.5. The lowest BCUT2D eigenvalue weighted by molar-refractivity contribution is -0.126. The second-order valence-corrected chi connectivity index (χ2v) is 12.8. The average Bonchev–Trinajstić information content (AvgIpc) is 3.25. The number of nitrogens with one attached hydrogen (secondary N) is 2. The van der Waals surface area contributed by atoms with Gasteiger partial charge in [0.2, 0.25) is 0 Å². The Morgan fingerprint density at radius 1 is 1.20 bits per heavy atom. The lowest BCUT2D eigenvalue weighted by Gasteiger charge is -2.40. The van der Waals surface area contributed by atoms with Crippen LogP contribution in [0.1, 0.15) is 63.5 Å². The minimum absolute atomic E-state index is 0.00803. The lowest BCUT2D eigenvalue weighted by Crippen LogP contribution is -2.66. The number of carbonyl (C=O) groups excluding carboxylic acids is 1. The number of halogens is 1. The van der Waals surface area contributed by atoms with Gasteiger partial charge in [-0.2, -0.15) is 4.41 Å². The van der Waals surface area contributed by atoms with E-state index in [1.165, 1.54) is 0 Å². The second kappa shape index (κ2) is 11.2. The standard InChI is InChI=1S/C32H41FN4O3S/c1-19-22-17-36-28-14-21(16-37(41-5)35-32(3,34-19)20(2)38)10-12-25(28)30(24-8-6-7-9-27(24)33)31(36)26-13-11-23(39-4)15-29(26)40-18-22/h10-15,19,22,24,27,34-35H,6-9,16-18H2,1-5H3/t19?,22-,24-,27-,32?/m0/s1. The van der Waals surface area contributed by atoms with Gasteiger partial charge in [0.05, 0.1) is 19.4 Å². The van der Waals surface area contributed by atoms with Gasteiger partial charge >= 0.3 is 0 Å². The van der Waals surface area contributed by atoms with E-state index in [1.807, 2.05) is 29.7 Å². The van der Waals surface area contributed by atoms with E-state index in [9.17, 15) is 4.79 Å². The first-order valence-electron chi connectivity index (χ1n) is 14.7. The number of alkyl halides is 1. The van der Waals surface area contributed by atoms with Crippen LogP contribution in [0.3, 0.4) is 0 Å². The number of rotatable bonds is 4. The quantitative estimate of drug-likeness (QED) is 0.356. The molecule has 3 aliphatic rings. The Bertz CT molecular complexity index is 1460. The summed E-state index contributed by atoms with van der Waals surface area (Å²) >= 11 is 1.55. The Balaban J connectivity index is 1.63. The Morgan fingerprint density at radius 3 is 2.73 bits per heavy atom. The van der Waals surface area contributed by atoms with E-state index in [0.29, 0.717) is 26.1 Å². The van der Waals surface area contributed by atoms with Crippen LogP contribution < -0.4 is 20.2 Å². The van der Waals surface area contributed by atoms with Gasteiger partial charge in [0.25, 0.3) is 0 Å². The third-order valence-corrected chi connectivity index (χ3v) is 10.0. The predicted octanol–water partition coefficient (Wildman–Crippen LogP) is 6.20. The zero-order valence-corrected chi connectivity index (χ0v) is 25.4. The van der Waals surface area contributed by atoms with Crippen molar-refractivity contribution < 1.29 is 18.7 Å². The number of hydrogen-bond donors (Lipinski definition) is 2. The summed E-state index contributed by atoms with van der Waals surface area (Å²) in [5.41, 5.74) is 7.87. The van der Waals surface area contributed by atoms with Crippen molar-refractivity contribution in [2.75, 3.05) is 20.0 Å². The van der Waals surface area contributed by atoms with Gasteiger partial charge in [0, 0.05) is 53.5 Å². The van der Waals surface area contributed by atoms with Crippen molar-refractivity contribution in [2.24, 2.45) is 5.92 Å². The fourth-order valence-electron chi connectivity index (χ4n) is 6.87. The third-order valence-electron chi connectivity index (χ3n) is 9.36. The molecule has 1 fully saturated rings. The molecule has 0 spiro atoms. The van der Waals surface area contributed by atoms with Gasteiger partial charge in [0.15, 0.2) is 5.78 Å². The molecule has 2 aromatic carbocycles. The maximum atomic E-state index is 15.8. The highest BCUT2D eigenvalue weighted by atomic mass is 32.2. The smallest absolute Gasteiger partial charge is 0.165 e. The molecule has 0 saturated heterocycles. The maximum absolute atomic E-state index is 15.8. The van der Waals surface area contributed by atoms with Crippen molar-refractivity contribution in [2.45, 2.75) is 83.3 Å². The van der Waals surface area contributed by atoms with Crippen LogP contribution in [0.15, 0.2) is 36.4 Å². The fourth-order valence-corrected chi connectivity index (χ4v) is 7.42. The number of methoxy groups -OCH3 is 1. The first-order chi connectivity index (χ1) is 19.7. The Morgan fingerprint density at radius 2 is 2.00 bits per heavy atom. The minimum atomic E-state index is -0.966. The number of ketones is 1. The molecule has 2 unspecified atom stereocenters. The summed E-state index contributed by atoms with van der Waals surface area (Å²) in [5, 5.41) is 4.75. The maximum Gasteiger partial charge on any atom is 0.165 e. The molecule has 6 rings (SSSR count). The van der Waals surface area contributed by atoms with E-state index >= 15 is 4.39 Å². The SMILES string of the molecule is COc1ccc2c(c1)OC[C@@H]1Cn3c-2c([C@H]2CCCC[C@@H]2F)c2ccc(cc23)CN(SC)NC(C)(C(C)=O)NC1C. The van der Waals surface area contributed by atoms with Crippen LogP contribution in [0.2, 0.25) is 0 Å². The summed E-state index contributed by atoms with van der Waals surface area (Å²) in [6.45, 7) is 7.38. The monoisotopic (exact) mass is 580 g/mol. The number of hydrogen-bond acceptors (Lipinski definition) is 7. The number of ether oxygens (including phenoxy) is 2. The molecule has 9 heteroatoms. The summed E-state index contributed by atoms with van der Waals surface area (Å²) in [6.07, 6.45) is 4.53. The molecule has 4 bridgehead atoms. The van der Waals surface area contributed by atoms with Gasteiger partial charge in [0.1, 0.15) is 23.3 Å². The highest BCUT2D eigenvalue weighted by molar-refractivity contribution is 7.96. The van der Waals surface area contributed by atoms with Crippen molar-refractivity contribution >= 4 is 28.6 Å². The van der Waals surface area contributed by atoms with Crippen molar-refractivity contribution in [3.8, 4) is 22.8 Å². The normalized spacial score (nSPS) is 28.7. The number of aromatic nitrogens is 1. The second-order valence-electron chi connectivity index (χ2n) is 12.0. The molecule has 2 N–H and O–H groups in total. The summed E-state index contributed by atoms with van der Waals surface area (Å²) < 4.78 is 32.4. The van der Waals surface area contributed by atoms with Gasteiger partial charge < -0.3 is 14.0 Å². The molecule has 2 aliphatic heterocycles. The highest BCUT2D eigenvalue weighted by Crippen LogP contribution is 2.49. The third kappa shape index (κ3) is 5.15. The van der Waals surface area contributed by atoms with Gasteiger partial charge in [-0.1, -0.05) is 36.9 Å². The number of carbonyl (C=O) groups is 1. The molecule has 1 aliphatic carbocycles. The van der Waals surface area contributed by atoms with Crippen LogP contribution in [0.5, 0.6) is 11.5 Å². The Labute approximate surface area is 246 Å². The van der Waals surface area contributed by atoms with Crippen molar-refractivity contribution in [3.05, 3.63) is 47.5 Å². The van der Waals surface area contributed by atoms with E-state index in [2.05, 4.69) is 46.5 Å². The number of fused-ring (bicyclic) bond motifs is 4. The summed E-state index contributed by atoms with van der Waals surface area (Å²) in [5.74, 6) is 1.33. The van der Waals surface area contributed by atoms with Crippen molar-refractivity contribution in [3.63, 3.8) is 0 Å².